The molecule has 0 radical (unpaired) electrons. The molecule has 0 aliphatic carbocycles. The summed E-state index contributed by atoms with van der Waals surface area (Å²) in [5.41, 5.74) is 3.40. The Morgan fingerprint density at radius 2 is 1.74 bits per heavy atom. The second-order valence-electron chi connectivity index (χ2n) is 5.97. The van der Waals surface area contributed by atoms with Crippen molar-refractivity contribution >= 4 is 37.9 Å². The van der Waals surface area contributed by atoms with Crippen LogP contribution in [-0.2, 0) is 0 Å². The van der Waals surface area contributed by atoms with E-state index in [1.165, 1.54) is 32.1 Å². The van der Waals surface area contributed by atoms with Gasteiger partial charge >= 0.3 is 0 Å². The van der Waals surface area contributed by atoms with Crippen molar-refractivity contribution in [2.45, 2.75) is 59.8 Å². The van der Waals surface area contributed by atoms with Crippen LogP contribution in [-0.4, -0.2) is 17.3 Å². The molecule has 19 heavy (non-hydrogen) atoms. The summed E-state index contributed by atoms with van der Waals surface area (Å²) in [6, 6.07) is 0. The second kappa shape index (κ2) is 10.5. The zero-order valence-corrected chi connectivity index (χ0v) is 15.8. The van der Waals surface area contributed by atoms with E-state index in [4.69, 9.17) is 0 Å². The predicted octanol–water partition coefficient (Wildman–Crippen LogP) is 5.71. The van der Waals surface area contributed by atoms with Crippen LogP contribution in [0.3, 0.4) is 0 Å². The molecule has 0 fully saturated rings. The number of rotatable bonds is 10. The highest BCUT2D eigenvalue weighted by atomic mass is 32.1. The third kappa shape index (κ3) is 6.86. The first-order valence-electron chi connectivity index (χ1n) is 7.43. The highest BCUT2D eigenvalue weighted by Crippen LogP contribution is 2.38. The minimum atomic E-state index is 0.300. The van der Waals surface area contributed by atoms with Gasteiger partial charge in [0.2, 0.25) is 0 Å². The van der Waals surface area contributed by atoms with Crippen molar-refractivity contribution in [2.24, 2.45) is 11.3 Å². The molecule has 0 aliphatic rings. The van der Waals surface area contributed by atoms with Gasteiger partial charge in [0, 0.05) is 0 Å². The molecule has 0 N–H and O–H groups in total. The van der Waals surface area contributed by atoms with Crippen molar-refractivity contribution < 1.29 is 0 Å². The molecule has 2 atom stereocenters. The van der Waals surface area contributed by atoms with Crippen LogP contribution in [0, 0.1) is 11.3 Å². The first kappa shape index (κ1) is 19.8. The van der Waals surface area contributed by atoms with Crippen LogP contribution in [0.15, 0.2) is 11.1 Å². The topological polar surface area (TPSA) is 0 Å². The van der Waals surface area contributed by atoms with E-state index >= 15 is 0 Å². The fourth-order valence-electron chi connectivity index (χ4n) is 2.46. The Kier molecular flexibility index (Phi) is 10.9. The average Bonchev–Trinajstić information content (AvgIpc) is 2.44. The molecule has 0 amide bonds. The lowest BCUT2D eigenvalue weighted by Crippen LogP contribution is -2.31. The summed E-state index contributed by atoms with van der Waals surface area (Å²) in [5, 5.41) is 0. The maximum Gasteiger partial charge on any atom is -0.00409 e. The van der Waals surface area contributed by atoms with Gasteiger partial charge in [-0.25, -0.2) is 0 Å². The molecule has 0 saturated carbocycles. The highest BCUT2D eigenvalue weighted by molar-refractivity contribution is 7.80. The van der Waals surface area contributed by atoms with Gasteiger partial charge in [0.25, 0.3) is 0 Å². The van der Waals surface area contributed by atoms with E-state index in [2.05, 4.69) is 65.6 Å². The lowest BCUT2D eigenvalue weighted by molar-refractivity contribution is 0.211. The van der Waals surface area contributed by atoms with E-state index in [1.54, 1.807) is 11.1 Å². The zero-order valence-electron chi connectivity index (χ0n) is 13.1. The van der Waals surface area contributed by atoms with E-state index in [0.29, 0.717) is 11.3 Å². The Morgan fingerprint density at radius 1 is 1.11 bits per heavy atom. The van der Waals surface area contributed by atoms with E-state index in [1.807, 2.05) is 0 Å². The fourth-order valence-corrected chi connectivity index (χ4v) is 3.66. The normalized spacial score (nSPS) is 17.8. The van der Waals surface area contributed by atoms with Gasteiger partial charge < -0.3 is 0 Å². The molecule has 0 nitrogen and oxygen atoms in total. The van der Waals surface area contributed by atoms with Crippen molar-refractivity contribution in [3.05, 3.63) is 11.1 Å². The first-order valence-corrected chi connectivity index (χ1v) is 9.32. The minimum Gasteiger partial charge on any atom is -0.179 e. The standard InChI is InChI=1S/C16H32S3/c1-5-13(2)14(3)7-8-15(11-18)16(4,12-19)9-6-10-17/h15,17-19H,5-12H2,1-4H3/b14-13-. The van der Waals surface area contributed by atoms with Crippen LogP contribution < -0.4 is 0 Å². The molecule has 2 unspecified atom stereocenters. The molecule has 3 heteroatoms. The lowest BCUT2D eigenvalue weighted by atomic mass is 9.73. The number of allylic oxidation sites excluding steroid dienone is 2. The molecular formula is C16H32S3. The van der Waals surface area contributed by atoms with E-state index < -0.39 is 0 Å². The SMILES string of the molecule is CC/C(C)=C(/C)CCC(CS)C(C)(CS)CCCS. The molecule has 0 rings (SSSR count). The summed E-state index contributed by atoms with van der Waals surface area (Å²) >= 11 is 13.5. The predicted molar refractivity (Wildman–Crippen MR) is 100 cm³/mol. The van der Waals surface area contributed by atoms with Crippen molar-refractivity contribution in [3.8, 4) is 0 Å². The summed E-state index contributed by atoms with van der Waals surface area (Å²) in [6.07, 6.45) is 5.99. The van der Waals surface area contributed by atoms with Crippen LogP contribution >= 0.6 is 37.9 Å². The summed E-state index contributed by atoms with van der Waals surface area (Å²) < 4.78 is 0. The molecular weight excluding hydrogens is 288 g/mol. The third-order valence-electron chi connectivity index (χ3n) is 4.60. The van der Waals surface area contributed by atoms with Gasteiger partial charge in [0.1, 0.15) is 0 Å². The van der Waals surface area contributed by atoms with E-state index in [9.17, 15) is 0 Å². The molecule has 0 saturated heterocycles. The smallest absolute Gasteiger partial charge is 0.00409 e. The Hall–Kier alpha value is 0.790. The van der Waals surface area contributed by atoms with Crippen LogP contribution in [0.4, 0.5) is 0 Å². The van der Waals surface area contributed by atoms with Gasteiger partial charge in [0.05, 0.1) is 0 Å². The van der Waals surface area contributed by atoms with E-state index in [0.717, 1.165) is 17.3 Å². The van der Waals surface area contributed by atoms with Crippen molar-refractivity contribution in [1.29, 1.82) is 0 Å². The summed E-state index contributed by atoms with van der Waals surface area (Å²) in [6.45, 7) is 9.14. The van der Waals surface area contributed by atoms with Gasteiger partial charge in [-0.15, -0.1) is 0 Å². The van der Waals surface area contributed by atoms with Crippen LogP contribution in [0.1, 0.15) is 59.8 Å². The third-order valence-corrected chi connectivity index (χ3v) is 6.08. The second-order valence-corrected chi connectivity index (χ2v) is 7.10. The Bertz CT molecular complexity index is 273. The monoisotopic (exact) mass is 320 g/mol. The molecule has 0 aromatic rings. The summed E-state index contributed by atoms with van der Waals surface area (Å²) in [7, 11) is 0. The van der Waals surface area contributed by atoms with Gasteiger partial charge in [0.15, 0.2) is 0 Å². The molecule has 0 aliphatic heterocycles. The Labute approximate surface area is 137 Å². The van der Waals surface area contributed by atoms with Crippen LogP contribution in [0.25, 0.3) is 0 Å². The lowest BCUT2D eigenvalue weighted by Gasteiger charge is -2.36. The maximum absolute atomic E-state index is 4.60. The molecule has 0 spiro atoms. The zero-order chi connectivity index (χ0) is 14.9. The van der Waals surface area contributed by atoms with E-state index in [-0.39, 0.29) is 0 Å². The van der Waals surface area contributed by atoms with Crippen LogP contribution in [0.5, 0.6) is 0 Å². The first-order chi connectivity index (χ1) is 8.95. The molecule has 0 aromatic heterocycles. The van der Waals surface area contributed by atoms with Gasteiger partial charge in [-0.3, -0.25) is 0 Å². The molecule has 114 valence electrons. The Morgan fingerprint density at radius 3 is 2.16 bits per heavy atom. The minimum absolute atomic E-state index is 0.300. The van der Waals surface area contributed by atoms with Crippen LogP contribution in [0.2, 0.25) is 0 Å². The number of thiol groups is 3. The van der Waals surface area contributed by atoms with Crippen molar-refractivity contribution in [3.63, 3.8) is 0 Å². The Balaban J connectivity index is 4.62. The summed E-state index contributed by atoms with van der Waals surface area (Å²) in [4.78, 5) is 0. The number of hydrogen-bond donors (Lipinski definition) is 3. The number of hydrogen-bond acceptors (Lipinski definition) is 3. The fraction of sp³-hybridized carbons (Fsp3) is 0.875. The van der Waals surface area contributed by atoms with Gasteiger partial charge in [-0.05, 0) is 74.5 Å². The van der Waals surface area contributed by atoms with Gasteiger partial charge in [-0.1, -0.05) is 25.0 Å². The average molecular weight is 321 g/mol. The van der Waals surface area contributed by atoms with Gasteiger partial charge in [-0.2, -0.15) is 37.9 Å². The molecule has 0 bridgehead atoms. The quantitative estimate of drug-likeness (QED) is 0.333. The van der Waals surface area contributed by atoms with Crippen molar-refractivity contribution in [2.75, 3.05) is 17.3 Å². The van der Waals surface area contributed by atoms with Crippen molar-refractivity contribution in [1.82, 2.24) is 0 Å². The maximum atomic E-state index is 4.60. The highest BCUT2D eigenvalue weighted by Gasteiger charge is 2.31. The summed E-state index contributed by atoms with van der Waals surface area (Å²) in [5.74, 6) is 3.52. The molecule has 0 heterocycles. The largest absolute Gasteiger partial charge is 0.179 e. The molecule has 0 aromatic carbocycles.